The summed E-state index contributed by atoms with van der Waals surface area (Å²) in [7, 11) is 0. The summed E-state index contributed by atoms with van der Waals surface area (Å²) in [5.74, 6) is 1.51. The molecule has 0 aliphatic carbocycles. The summed E-state index contributed by atoms with van der Waals surface area (Å²) in [5.41, 5.74) is 8.17. The van der Waals surface area contributed by atoms with Gasteiger partial charge >= 0.3 is 0 Å². The molecule has 1 aliphatic heterocycles. The molecule has 0 saturated carbocycles. The number of nitrogens with zero attached hydrogens (tertiary/aromatic N) is 3. The molecule has 0 fully saturated rings. The van der Waals surface area contributed by atoms with Gasteiger partial charge in [0.25, 0.3) is 0 Å². The minimum Gasteiger partial charge on any atom is -0.456 e. The van der Waals surface area contributed by atoms with Crippen molar-refractivity contribution in [2.24, 2.45) is 9.98 Å². The number of hydrogen-bond acceptors (Lipinski definition) is 5. The summed E-state index contributed by atoms with van der Waals surface area (Å²) in [4.78, 5) is 10.6. The van der Waals surface area contributed by atoms with Gasteiger partial charge in [0, 0.05) is 64.6 Å². The van der Waals surface area contributed by atoms with Crippen molar-refractivity contribution < 1.29 is 4.42 Å². The van der Waals surface area contributed by atoms with E-state index in [-0.39, 0.29) is 6.17 Å². The van der Waals surface area contributed by atoms with E-state index in [2.05, 4.69) is 143 Å². The zero-order valence-corrected chi connectivity index (χ0v) is 28.1. The van der Waals surface area contributed by atoms with Crippen LogP contribution in [-0.4, -0.2) is 16.2 Å². The first-order valence-electron chi connectivity index (χ1n) is 17.1. The van der Waals surface area contributed by atoms with E-state index in [1.165, 1.54) is 30.9 Å². The SMILES string of the molecule is c1ccc(C2=NC(c3cc(-n4c5ccccc5c5cc6c(cc54)oc4ccccc46)cc4c3sc3ccccc34)=NC(c3ccccc3)N2)cc1. The second kappa shape index (κ2) is 11.0. The Hall–Kier alpha value is -6.50. The van der Waals surface area contributed by atoms with Gasteiger partial charge in [0.2, 0.25) is 0 Å². The quantitative estimate of drug-likeness (QED) is 0.202. The number of furan rings is 1. The Kier molecular flexibility index (Phi) is 6.12. The Labute approximate surface area is 296 Å². The predicted octanol–water partition coefficient (Wildman–Crippen LogP) is 11.5. The molecular formula is C45H28N4OS. The predicted molar refractivity (Wildman–Crippen MR) is 213 cm³/mol. The van der Waals surface area contributed by atoms with Crippen molar-refractivity contribution in [3.8, 4) is 5.69 Å². The molecule has 5 nitrogen and oxygen atoms in total. The third kappa shape index (κ3) is 4.40. The van der Waals surface area contributed by atoms with Crippen LogP contribution in [-0.2, 0) is 0 Å². The van der Waals surface area contributed by atoms with E-state index in [9.17, 15) is 0 Å². The second-order valence-electron chi connectivity index (χ2n) is 13.0. The van der Waals surface area contributed by atoms with Gasteiger partial charge in [-0.3, -0.25) is 0 Å². The zero-order valence-electron chi connectivity index (χ0n) is 27.2. The number of amidine groups is 2. The van der Waals surface area contributed by atoms with Gasteiger partial charge < -0.3 is 14.3 Å². The molecule has 11 rings (SSSR count). The average Bonchev–Trinajstić information content (AvgIpc) is 3.86. The van der Waals surface area contributed by atoms with Crippen molar-refractivity contribution in [2.45, 2.75) is 6.17 Å². The number of nitrogens with one attached hydrogen (secondary N) is 1. The molecule has 0 amide bonds. The van der Waals surface area contributed by atoms with Crippen LogP contribution in [0.3, 0.4) is 0 Å². The Bertz CT molecular complexity index is 3060. The molecule has 1 atom stereocenters. The number of thiophene rings is 1. The van der Waals surface area contributed by atoms with Gasteiger partial charge in [-0.15, -0.1) is 11.3 Å². The third-order valence-corrected chi connectivity index (χ3v) is 11.3. The smallest absolute Gasteiger partial charge is 0.160 e. The highest BCUT2D eigenvalue weighted by Gasteiger charge is 2.25. The van der Waals surface area contributed by atoms with E-state index < -0.39 is 0 Å². The maximum Gasteiger partial charge on any atom is 0.160 e. The molecule has 1 aliphatic rings. The lowest BCUT2D eigenvalue weighted by atomic mass is 10.1. The standard InChI is InChI=1S/C45H28N4OS/c1-3-13-27(14-4-1)43-46-44(28-15-5-2-6-16-28)48-45(47-43)36-24-29(23-35-32-19-9-12-22-41(32)51-42(35)36)49-37-20-10-7-17-30(37)33-25-34-31-18-8-11-21-39(31)50-40(34)26-38(33)49/h1-26,43H,(H,46,47,48). The van der Waals surface area contributed by atoms with Crippen LogP contribution in [0.1, 0.15) is 22.9 Å². The fraction of sp³-hybridized carbons (Fsp3) is 0.0222. The highest BCUT2D eigenvalue weighted by Crippen LogP contribution is 2.42. The molecule has 1 unspecified atom stereocenters. The molecule has 240 valence electrons. The molecule has 0 bridgehead atoms. The van der Waals surface area contributed by atoms with E-state index in [1.807, 2.05) is 24.3 Å². The summed E-state index contributed by atoms with van der Waals surface area (Å²) in [5, 5.41) is 10.7. The van der Waals surface area contributed by atoms with Gasteiger partial charge in [-0.1, -0.05) is 115 Å². The largest absolute Gasteiger partial charge is 0.456 e. The van der Waals surface area contributed by atoms with Crippen LogP contribution in [0, 0.1) is 0 Å². The molecule has 6 heteroatoms. The number of aromatic nitrogens is 1. The van der Waals surface area contributed by atoms with E-state index in [0.717, 1.165) is 61.2 Å². The lowest BCUT2D eigenvalue weighted by Gasteiger charge is -2.24. The Morgan fingerprint density at radius 1 is 0.569 bits per heavy atom. The van der Waals surface area contributed by atoms with Crippen LogP contribution in [0.5, 0.6) is 0 Å². The molecule has 1 N–H and O–H groups in total. The molecule has 4 heterocycles. The van der Waals surface area contributed by atoms with Crippen molar-refractivity contribution in [3.05, 3.63) is 174 Å². The molecule has 51 heavy (non-hydrogen) atoms. The van der Waals surface area contributed by atoms with E-state index >= 15 is 0 Å². The van der Waals surface area contributed by atoms with Crippen molar-refractivity contribution in [1.29, 1.82) is 0 Å². The van der Waals surface area contributed by atoms with Crippen molar-refractivity contribution >= 4 is 86.9 Å². The van der Waals surface area contributed by atoms with Crippen molar-refractivity contribution in [2.75, 3.05) is 0 Å². The Balaban J connectivity index is 1.22. The summed E-state index contributed by atoms with van der Waals surface area (Å²) >= 11 is 1.80. The first-order chi connectivity index (χ1) is 25.3. The van der Waals surface area contributed by atoms with Crippen LogP contribution >= 0.6 is 11.3 Å². The van der Waals surface area contributed by atoms with E-state index in [1.54, 1.807) is 11.3 Å². The highest BCUT2D eigenvalue weighted by atomic mass is 32.1. The van der Waals surface area contributed by atoms with Crippen LogP contribution in [0.2, 0.25) is 0 Å². The molecule has 7 aromatic carbocycles. The fourth-order valence-electron chi connectivity index (χ4n) is 7.69. The minimum absolute atomic E-state index is 0.295. The minimum atomic E-state index is -0.295. The fourth-order valence-corrected chi connectivity index (χ4v) is 8.88. The van der Waals surface area contributed by atoms with Gasteiger partial charge in [0.1, 0.15) is 23.2 Å². The van der Waals surface area contributed by atoms with Crippen molar-refractivity contribution in [3.63, 3.8) is 0 Å². The maximum absolute atomic E-state index is 6.43. The molecular weight excluding hydrogens is 645 g/mol. The zero-order chi connectivity index (χ0) is 33.5. The maximum atomic E-state index is 6.43. The van der Waals surface area contributed by atoms with E-state index in [0.29, 0.717) is 5.84 Å². The van der Waals surface area contributed by atoms with Gasteiger partial charge in [-0.2, -0.15) is 0 Å². The number of fused-ring (bicyclic) bond motifs is 9. The third-order valence-electron chi connectivity index (χ3n) is 10.0. The van der Waals surface area contributed by atoms with Crippen LogP contribution in [0.25, 0.3) is 69.6 Å². The number of benzene rings is 7. The van der Waals surface area contributed by atoms with Crippen LogP contribution in [0.4, 0.5) is 0 Å². The first kappa shape index (κ1) is 28.3. The lowest BCUT2D eigenvalue weighted by molar-refractivity contribution is 0.669. The lowest BCUT2D eigenvalue weighted by Crippen LogP contribution is -2.33. The average molecular weight is 673 g/mol. The number of hydrogen-bond donors (Lipinski definition) is 1. The first-order valence-corrected chi connectivity index (χ1v) is 17.9. The Morgan fingerprint density at radius 3 is 2.16 bits per heavy atom. The second-order valence-corrected chi connectivity index (χ2v) is 14.1. The van der Waals surface area contributed by atoms with E-state index in [4.69, 9.17) is 14.4 Å². The summed E-state index contributed by atoms with van der Waals surface area (Å²) < 4.78 is 11.2. The number of rotatable bonds is 4. The molecule has 0 spiro atoms. The Morgan fingerprint density at radius 2 is 1.29 bits per heavy atom. The van der Waals surface area contributed by atoms with Gasteiger partial charge in [-0.25, -0.2) is 9.98 Å². The number of aliphatic imine (C=N–C) groups is 2. The summed E-state index contributed by atoms with van der Waals surface area (Å²) in [6.45, 7) is 0. The number of para-hydroxylation sites is 2. The summed E-state index contributed by atoms with van der Waals surface area (Å²) in [6.07, 6.45) is -0.295. The normalized spacial score (nSPS) is 14.9. The van der Waals surface area contributed by atoms with Crippen molar-refractivity contribution in [1.82, 2.24) is 9.88 Å². The molecule has 0 radical (unpaired) electrons. The molecule has 3 aromatic heterocycles. The molecule has 0 saturated heterocycles. The molecule has 10 aromatic rings. The van der Waals surface area contributed by atoms with Crippen LogP contribution < -0.4 is 5.32 Å². The summed E-state index contributed by atoms with van der Waals surface area (Å²) in [6, 6.07) is 55.5. The van der Waals surface area contributed by atoms with Crippen LogP contribution in [0.15, 0.2) is 172 Å². The van der Waals surface area contributed by atoms with Gasteiger partial charge in [-0.05, 0) is 42.0 Å². The van der Waals surface area contributed by atoms with Gasteiger partial charge in [0.15, 0.2) is 5.84 Å². The van der Waals surface area contributed by atoms with Gasteiger partial charge in [0.05, 0.1) is 11.0 Å². The monoisotopic (exact) mass is 672 g/mol. The topological polar surface area (TPSA) is 54.8 Å². The highest BCUT2D eigenvalue weighted by molar-refractivity contribution is 7.26.